The molecule has 0 bridgehead atoms. The summed E-state index contributed by atoms with van der Waals surface area (Å²) in [7, 11) is -15.4. The molecular weight excluding hydrogens is 479 g/mol. The highest BCUT2D eigenvalue weighted by Gasteiger charge is 2.47. The summed E-state index contributed by atoms with van der Waals surface area (Å²) in [5.41, 5.74) is 4.45. The number of anilines is 1. The fourth-order valence-corrected chi connectivity index (χ4v) is 5.63. The number of phosphoric ester groups is 1. The van der Waals surface area contributed by atoms with Gasteiger partial charge in [0.05, 0.1) is 6.61 Å². The second-order valence-electron chi connectivity index (χ2n) is 5.64. The normalized spacial score (nSPS) is 28.7. The first-order valence-electron chi connectivity index (χ1n) is 7.64. The van der Waals surface area contributed by atoms with Crippen molar-refractivity contribution in [3.8, 4) is 0 Å². The first-order chi connectivity index (χ1) is 13.7. The Hall–Kier alpha value is -1.03. The molecule has 1 aromatic rings. The average Bonchev–Trinajstić information content (AvgIpc) is 2.86. The Kier molecular flexibility index (Phi) is 7.76. The zero-order valence-electron chi connectivity index (χ0n) is 14.9. The number of hydrogen-bond donors (Lipinski definition) is 6. The van der Waals surface area contributed by atoms with Gasteiger partial charge in [-0.3, -0.25) is 13.6 Å². The highest BCUT2D eigenvalue weighted by molar-refractivity contribution is 7.66. The first-order valence-corrected chi connectivity index (χ1v) is 12.1. The van der Waals surface area contributed by atoms with Crippen LogP contribution in [0.15, 0.2) is 17.1 Å². The van der Waals surface area contributed by atoms with Gasteiger partial charge in [0, 0.05) is 13.3 Å². The molecular formula is C10H18N3O14P3. The minimum Gasteiger partial charge on any atom is -0.387 e. The van der Waals surface area contributed by atoms with Crippen LogP contribution in [-0.2, 0) is 36.1 Å². The van der Waals surface area contributed by atoms with E-state index in [1.807, 2.05) is 0 Å². The van der Waals surface area contributed by atoms with Crippen LogP contribution in [-0.4, -0.2) is 66.5 Å². The van der Waals surface area contributed by atoms with Gasteiger partial charge in [0.2, 0.25) is 0 Å². The molecule has 6 atom stereocenters. The molecule has 1 aliphatic heterocycles. The van der Waals surface area contributed by atoms with Gasteiger partial charge in [0.25, 0.3) is 0 Å². The van der Waals surface area contributed by atoms with Gasteiger partial charge in [-0.15, -0.1) is 0 Å². The number of phosphoric acid groups is 3. The van der Waals surface area contributed by atoms with Crippen molar-refractivity contribution in [2.45, 2.75) is 24.5 Å². The van der Waals surface area contributed by atoms with E-state index < -0.39 is 60.3 Å². The fourth-order valence-electron chi connectivity index (χ4n) is 2.27. The number of aliphatic hydroxyl groups excluding tert-OH is 2. The molecule has 1 fully saturated rings. The minimum atomic E-state index is -5.61. The van der Waals surface area contributed by atoms with Gasteiger partial charge in [-0.1, -0.05) is 0 Å². The standard InChI is InChI=1S/C10H18N3O14P3/c1-23-30(22,27-29(20,21)26-28(17,18)19)24-4-5-7(14)8(15)9(25-5)13-3-2-6(11)12-10(13)16/h2-3,5,7-9,14-15H,4H2,1H3,(H,20,21)(H2,11,12,16)(H2,17,18,19)/t5-,7-,8-,9-,30?/m1/s1. The van der Waals surface area contributed by atoms with E-state index in [4.69, 9.17) is 24.8 Å². The maximum atomic E-state index is 12.3. The maximum Gasteiger partial charge on any atom is 0.490 e. The van der Waals surface area contributed by atoms with Gasteiger partial charge in [-0.2, -0.15) is 13.6 Å². The lowest BCUT2D eigenvalue weighted by Crippen LogP contribution is -2.36. The average molecular weight is 497 g/mol. The molecule has 30 heavy (non-hydrogen) atoms. The van der Waals surface area contributed by atoms with Crippen molar-refractivity contribution in [3.63, 3.8) is 0 Å². The maximum absolute atomic E-state index is 12.3. The van der Waals surface area contributed by atoms with Crippen LogP contribution in [0.25, 0.3) is 0 Å². The van der Waals surface area contributed by atoms with E-state index in [1.54, 1.807) is 0 Å². The molecule has 0 aromatic carbocycles. The third kappa shape index (κ3) is 6.48. The molecule has 7 N–H and O–H groups in total. The second-order valence-corrected chi connectivity index (χ2v) is 10.4. The van der Waals surface area contributed by atoms with Gasteiger partial charge >= 0.3 is 29.2 Å². The molecule has 2 heterocycles. The van der Waals surface area contributed by atoms with E-state index in [0.717, 1.165) is 10.8 Å². The smallest absolute Gasteiger partial charge is 0.387 e. The molecule has 172 valence electrons. The molecule has 0 spiro atoms. The predicted molar refractivity (Wildman–Crippen MR) is 93.4 cm³/mol. The Morgan fingerprint density at radius 3 is 2.37 bits per heavy atom. The third-order valence-corrected chi connectivity index (χ3v) is 7.71. The SMILES string of the molecule is COP(=O)(OC[C@H]1O[C@@H](n2ccc(N)nc2=O)[C@H](O)[C@@H]1O)OP(=O)(O)OP(=O)(O)O. The first kappa shape index (κ1) is 25.2. The van der Waals surface area contributed by atoms with Gasteiger partial charge in [-0.05, 0) is 6.07 Å². The van der Waals surface area contributed by atoms with Crippen molar-refractivity contribution in [2.24, 2.45) is 0 Å². The summed E-state index contributed by atoms with van der Waals surface area (Å²) in [5, 5.41) is 20.2. The zero-order chi connectivity index (χ0) is 22.9. The Bertz CT molecular complexity index is 963. The summed E-state index contributed by atoms with van der Waals surface area (Å²) >= 11 is 0. The molecule has 17 nitrogen and oxygen atoms in total. The van der Waals surface area contributed by atoms with Crippen molar-refractivity contribution in [1.29, 1.82) is 0 Å². The van der Waals surface area contributed by atoms with Crippen LogP contribution in [0.4, 0.5) is 5.82 Å². The number of aromatic nitrogens is 2. The van der Waals surface area contributed by atoms with E-state index in [9.17, 15) is 33.6 Å². The number of nitrogen functional groups attached to an aromatic ring is 1. The summed E-state index contributed by atoms with van der Waals surface area (Å²) < 4.78 is 57.1. The molecule has 0 aliphatic carbocycles. The lowest BCUT2D eigenvalue weighted by atomic mass is 10.1. The predicted octanol–water partition coefficient (Wildman–Crippen LogP) is -1.56. The molecule has 2 unspecified atom stereocenters. The quantitative estimate of drug-likeness (QED) is 0.211. The molecule has 1 saturated heterocycles. The monoisotopic (exact) mass is 497 g/mol. The Morgan fingerprint density at radius 2 is 1.83 bits per heavy atom. The number of nitrogens with two attached hydrogens (primary N) is 1. The topological polar surface area (TPSA) is 259 Å². The van der Waals surface area contributed by atoms with Crippen LogP contribution < -0.4 is 11.4 Å². The molecule has 0 saturated carbocycles. The van der Waals surface area contributed by atoms with Crippen LogP contribution in [0, 0.1) is 0 Å². The summed E-state index contributed by atoms with van der Waals surface area (Å²) in [6.07, 6.45) is -5.14. The van der Waals surface area contributed by atoms with Crippen molar-refractivity contribution >= 4 is 29.3 Å². The van der Waals surface area contributed by atoms with E-state index in [0.29, 0.717) is 7.11 Å². The number of aliphatic hydroxyl groups is 2. The van der Waals surface area contributed by atoms with Crippen molar-refractivity contribution in [3.05, 3.63) is 22.7 Å². The van der Waals surface area contributed by atoms with Gasteiger partial charge in [-0.25, -0.2) is 18.5 Å². The van der Waals surface area contributed by atoms with Crippen molar-refractivity contribution < 1.29 is 61.0 Å². The summed E-state index contributed by atoms with van der Waals surface area (Å²) in [5.74, 6) is -0.103. The highest BCUT2D eigenvalue weighted by atomic mass is 31.3. The number of rotatable bonds is 9. The Labute approximate surface area is 167 Å². The second kappa shape index (κ2) is 9.22. The summed E-state index contributed by atoms with van der Waals surface area (Å²) in [6.45, 7) is -0.882. The molecule has 1 aromatic heterocycles. The summed E-state index contributed by atoms with van der Waals surface area (Å²) in [6, 6.07) is 1.22. The van der Waals surface area contributed by atoms with Crippen molar-refractivity contribution in [1.82, 2.24) is 9.55 Å². The summed E-state index contributed by atoms with van der Waals surface area (Å²) in [4.78, 5) is 41.7. The van der Waals surface area contributed by atoms with Crippen molar-refractivity contribution in [2.75, 3.05) is 19.5 Å². The molecule has 0 radical (unpaired) electrons. The van der Waals surface area contributed by atoms with E-state index in [1.165, 1.54) is 6.07 Å². The highest BCUT2D eigenvalue weighted by Crippen LogP contribution is 2.68. The minimum absolute atomic E-state index is 0.103. The lowest BCUT2D eigenvalue weighted by molar-refractivity contribution is -0.0546. The van der Waals surface area contributed by atoms with Gasteiger partial charge in [0.15, 0.2) is 6.23 Å². The molecule has 2 rings (SSSR count). The van der Waals surface area contributed by atoms with Crippen LogP contribution in [0.5, 0.6) is 0 Å². The van der Waals surface area contributed by atoms with E-state index >= 15 is 0 Å². The number of hydrogen-bond acceptors (Lipinski definition) is 13. The molecule has 0 amide bonds. The van der Waals surface area contributed by atoms with Crippen LogP contribution in [0.3, 0.4) is 0 Å². The van der Waals surface area contributed by atoms with Gasteiger partial charge < -0.3 is 35.4 Å². The van der Waals surface area contributed by atoms with Crippen LogP contribution >= 0.6 is 23.5 Å². The van der Waals surface area contributed by atoms with Crippen LogP contribution in [0.2, 0.25) is 0 Å². The molecule has 20 heteroatoms. The number of ether oxygens (including phenoxy) is 1. The number of nitrogens with zero attached hydrogens (tertiary/aromatic N) is 2. The van der Waals surface area contributed by atoms with E-state index in [2.05, 4.69) is 18.1 Å². The van der Waals surface area contributed by atoms with Crippen LogP contribution in [0.1, 0.15) is 6.23 Å². The van der Waals surface area contributed by atoms with E-state index in [-0.39, 0.29) is 5.82 Å². The van der Waals surface area contributed by atoms with Gasteiger partial charge in [0.1, 0.15) is 24.1 Å². The Morgan fingerprint density at radius 1 is 1.20 bits per heavy atom. The molecule has 1 aliphatic rings. The zero-order valence-corrected chi connectivity index (χ0v) is 17.6. The largest absolute Gasteiger partial charge is 0.490 e. The Balaban J connectivity index is 2.10. The third-order valence-electron chi connectivity index (χ3n) is 3.50. The fraction of sp³-hybridized carbons (Fsp3) is 0.600. The lowest BCUT2D eigenvalue weighted by Gasteiger charge is -2.21.